The highest BCUT2D eigenvalue weighted by Gasteiger charge is 2.46. The summed E-state index contributed by atoms with van der Waals surface area (Å²) in [6, 6.07) is 9.51. The number of fused-ring (bicyclic) bond motifs is 1. The molecule has 0 aliphatic carbocycles. The first-order chi connectivity index (χ1) is 14.0. The van der Waals surface area contributed by atoms with Crippen LogP contribution in [0.25, 0.3) is 0 Å². The molecule has 1 aromatic heterocycles. The first-order valence-corrected chi connectivity index (χ1v) is 9.83. The Kier molecular flexibility index (Phi) is 5.01. The third kappa shape index (κ3) is 3.24. The highest BCUT2D eigenvalue weighted by molar-refractivity contribution is 6.22. The second kappa shape index (κ2) is 7.62. The third-order valence-electron chi connectivity index (χ3n) is 5.54. The fourth-order valence-electron chi connectivity index (χ4n) is 4.12. The molecule has 1 unspecified atom stereocenters. The van der Waals surface area contributed by atoms with E-state index < -0.39 is 17.9 Å². The van der Waals surface area contributed by atoms with Crippen LogP contribution >= 0.6 is 0 Å². The van der Waals surface area contributed by atoms with Gasteiger partial charge in [-0.25, -0.2) is 0 Å². The van der Waals surface area contributed by atoms with Crippen LogP contribution in [-0.2, 0) is 4.79 Å². The average Bonchev–Trinajstić information content (AvgIpc) is 3.00. The Morgan fingerprint density at radius 2 is 1.72 bits per heavy atom. The Morgan fingerprint density at radius 1 is 1.03 bits per heavy atom. The molecule has 0 fully saturated rings. The van der Waals surface area contributed by atoms with Crippen LogP contribution in [0, 0.1) is 5.92 Å². The molecule has 29 heavy (non-hydrogen) atoms. The Morgan fingerprint density at radius 3 is 2.31 bits per heavy atom. The molecule has 6 nitrogen and oxygen atoms in total. The number of hydrogen-bond donors (Lipinski definition) is 0. The minimum atomic E-state index is -0.854. The maximum atomic E-state index is 13.7. The van der Waals surface area contributed by atoms with E-state index in [4.69, 9.17) is 0 Å². The van der Waals surface area contributed by atoms with Crippen LogP contribution in [0.2, 0.25) is 0 Å². The van der Waals surface area contributed by atoms with Gasteiger partial charge in [-0.15, -0.1) is 0 Å². The molecule has 2 aliphatic rings. The quantitative estimate of drug-likeness (QED) is 0.595. The summed E-state index contributed by atoms with van der Waals surface area (Å²) in [5.41, 5.74) is 1.66. The van der Waals surface area contributed by atoms with Crippen LogP contribution in [0.4, 0.5) is 0 Å². The minimum Gasteiger partial charge on any atom is -0.330 e. The Hall–Kier alpha value is -3.28. The van der Waals surface area contributed by atoms with E-state index in [1.807, 2.05) is 38.1 Å². The molecular weight excluding hydrogens is 366 g/mol. The second-order valence-electron chi connectivity index (χ2n) is 7.71. The van der Waals surface area contributed by atoms with Crippen molar-refractivity contribution in [1.82, 2.24) is 14.8 Å². The van der Waals surface area contributed by atoms with E-state index in [-0.39, 0.29) is 17.9 Å². The molecule has 0 saturated carbocycles. The summed E-state index contributed by atoms with van der Waals surface area (Å²) in [6.07, 6.45) is 8.13. The van der Waals surface area contributed by atoms with E-state index in [2.05, 4.69) is 4.98 Å². The number of hydrogen-bond acceptors (Lipinski definition) is 4. The molecule has 148 valence electrons. The third-order valence-corrected chi connectivity index (χ3v) is 5.54. The molecule has 1 aromatic carbocycles. The number of amides is 3. The highest BCUT2D eigenvalue weighted by Crippen LogP contribution is 2.32. The number of nitrogens with zero attached hydrogens (tertiary/aromatic N) is 3. The van der Waals surface area contributed by atoms with Crippen molar-refractivity contribution in [2.75, 3.05) is 6.54 Å². The van der Waals surface area contributed by atoms with Crippen LogP contribution < -0.4 is 0 Å². The number of benzene rings is 1. The average molecular weight is 389 g/mol. The molecule has 0 saturated heterocycles. The van der Waals surface area contributed by atoms with Gasteiger partial charge in [-0.05, 0) is 36.1 Å². The molecule has 2 atom stereocenters. The maximum Gasteiger partial charge on any atom is 0.262 e. The monoisotopic (exact) mass is 389 g/mol. The summed E-state index contributed by atoms with van der Waals surface area (Å²) in [4.78, 5) is 46.8. The topological polar surface area (TPSA) is 70.6 Å². The van der Waals surface area contributed by atoms with Gasteiger partial charge in [0, 0.05) is 18.9 Å². The van der Waals surface area contributed by atoms with Crippen LogP contribution in [0.15, 0.2) is 60.9 Å². The van der Waals surface area contributed by atoms with Gasteiger partial charge in [-0.2, -0.15) is 0 Å². The van der Waals surface area contributed by atoms with Crippen LogP contribution in [0.1, 0.15) is 52.6 Å². The predicted molar refractivity (Wildman–Crippen MR) is 108 cm³/mol. The SMILES string of the molecule is CC(C)C(C(=O)N1CC=CC[C@@H]1c1cccnc1)N1C(=O)c2ccccc2C1=O. The van der Waals surface area contributed by atoms with Gasteiger partial charge in [0.1, 0.15) is 6.04 Å². The van der Waals surface area contributed by atoms with Gasteiger partial charge in [-0.1, -0.05) is 44.2 Å². The van der Waals surface area contributed by atoms with Crippen molar-refractivity contribution in [1.29, 1.82) is 0 Å². The Bertz CT molecular complexity index is 949. The number of pyridine rings is 1. The van der Waals surface area contributed by atoms with Gasteiger partial charge in [0.2, 0.25) is 5.91 Å². The summed E-state index contributed by atoms with van der Waals surface area (Å²) >= 11 is 0. The van der Waals surface area contributed by atoms with Gasteiger partial charge < -0.3 is 4.90 Å². The number of rotatable bonds is 4. The van der Waals surface area contributed by atoms with Gasteiger partial charge in [0.25, 0.3) is 11.8 Å². The maximum absolute atomic E-state index is 13.7. The molecule has 0 radical (unpaired) electrons. The summed E-state index contributed by atoms with van der Waals surface area (Å²) < 4.78 is 0. The first kappa shape index (κ1) is 19.1. The number of imide groups is 1. The largest absolute Gasteiger partial charge is 0.330 e. The van der Waals surface area contributed by atoms with E-state index in [9.17, 15) is 14.4 Å². The summed E-state index contributed by atoms with van der Waals surface area (Å²) in [5.74, 6) is -1.23. The van der Waals surface area contributed by atoms with Gasteiger partial charge in [-0.3, -0.25) is 24.3 Å². The molecule has 3 amide bonds. The number of aromatic nitrogens is 1. The van der Waals surface area contributed by atoms with E-state index >= 15 is 0 Å². The van der Waals surface area contributed by atoms with Crippen molar-refractivity contribution >= 4 is 17.7 Å². The van der Waals surface area contributed by atoms with Crippen molar-refractivity contribution in [3.8, 4) is 0 Å². The second-order valence-corrected chi connectivity index (χ2v) is 7.71. The van der Waals surface area contributed by atoms with Crippen molar-refractivity contribution in [3.05, 3.63) is 77.6 Å². The number of carbonyl (C=O) groups excluding carboxylic acids is 3. The molecular formula is C23H23N3O3. The van der Waals surface area contributed by atoms with E-state index in [1.165, 1.54) is 0 Å². The van der Waals surface area contributed by atoms with E-state index in [0.717, 1.165) is 10.5 Å². The van der Waals surface area contributed by atoms with E-state index in [1.54, 1.807) is 41.6 Å². The summed E-state index contributed by atoms with van der Waals surface area (Å²) in [6.45, 7) is 4.17. The van der Waals surface area contributed by atoms with Gasteiger partial charge in [0.15, 0.2) is 0 Å². The normalized spacial score (nSPS) is 19.6. The molecule has 2 aromatic rings. The molecule has 6 heteroatoms. The molecule has 4 rings (SSSR count). The van der Waals surface area contributed by atoms with Gasteiger partial charge in [0.05, 0.1) is 17.2 Å². The van der Waals surface area contributed by atoms with Crippen molar-refractivity contribution < 1.29 is 14.4 Å². The Balaban J connectivity index is 1.69. The van der Waals surface area contributed by atoms with Crippen molar-refractivity contribution in [2.24, 2.45) is 5.92 Å². The van der Waals surface area contributed by atoms with Crippen LogP contribution in [-0.4, -0.2) is 45.1 Å². The van der Waals surface area contributed by atoms with E-state index in [0.29, 0.717) is 24.1 Å². The zero-order valence-electron chi connectivity index (χ0n) is 16.5. The Labute approximate surface area is 169 Å². The minimum absolute atomic E-state index is 0.169. The fourth-order valence-corrected chi connectivity index (χ4v) is 4.12. The highest BCUT2D eigenvalue weighted by atomic mass is 16.2. The van der Waals surface area contributed by atoms with Crippen molar-refractivity contribution in [2.45, 2.75) is 32.4 Å². The van der Waals surface area contributed by atoms with Crippen molar-refractivity contribution in [3.63, 3.8) is 0 Å². The van der Waals surface area contributed by atoms with Crippen LogP contribution in [0.3, 0.4) is 0 Å². The van der Waals surface area contributed by atoms with Gasteiger partial charge >= 0.3 is 0 Å². The first-order valence-electron chi connectivity index (χ1n) is 9.83. The predicted octanol–water partition coefficient (Wildman–Crippen LogP) is 3.23. The molecule has 0 bridgehead atoms. The fraction of sp³-hybridized carbons (Fsp3) is 0.304. The van der Waals surface area contributed by atoms with Crippen LogP contribution in [0.5, 0.6) is 0 Å². The lowest BCUT2D eigenvalue weighted by Crippen LogP contribution is -2.54. The smallest absolute Gasteiger partial charge is 0.262 e. The zero-order chi connectivity index (χ0) is 20.5. The number of carbonyl (C=O) groups is 3. The standard InChI is InChI=1S/C23H23N3O3/c1-15(2)20(26-21(27)17-9-3-4-10-18(17)22(26)28)23(29)25-13-6-5-11-19(25)16-8-7-12-24-14-16/h3-10,12,14-15,19-20H,11,13H2,1-2H3/t19-,20?/m1/s1. The molecule has 0 N–H and O–H groups in total. The zero-order valence-corrected chi connectivity index (χ0v) is 16.5. The lowest BCUT2D eigenvalue weighted by atomic mass is 9.95. The molecule has 3 heterocycles. The lowest BCUT2D eigenvalue weighted by Gasteiger charge is -2.38. The lowest BCUT2D eigenvalue weighted by molar-refractivity contribution is -0.139. The molecule has 2 aliphatic heterocycles. The summed E-state index contributed by atoms with van der Waals surface area (Å²) in [7, 11) is 0. The molecule has 0 spiro atoms. The summed E-state index contributed by atoms with van der Waals surface area (Å²) in [5, 5.41) is 0.